The molecule has 0 aliphatic rings. The summed E-state index contributed by atoms with van der Waals surface area (Å²) in [4.78, 5) is 0. The highest BCUT2D eigenvalue weighted by molar-refractivity contribution is 9.09. The van der Waals surface area contributed by atoms with Gasteiger partial charge in [0.1, 0.15) is 0 Å². The highest BCUT2D eigenvalue weighted by atomic mass is 79.9. The monoisotopic (exact) mass is 285 g/mol. The third kappa shape index (κ3) is 4.28. The van der Waals surface area contributed by atoms with Gasteiger partial charge in [0.15, 0.2) is 0 Å². The molecule has 3 nitrogen and oxygen atoms in total. The van der Waals surface area contributed by atoms with Crippen molar-refractivity contribution < 1.29 is 8.42 Å². The van der Waals surface area contributed by atoms with Crippen LogP contribution in [0.1, 0.15) is 34.6 Å². The molecule has 0 unspecified atom stereocenters. The number of sulfonamides is 1. The number of hydrogen-bond acceptors (Lipinski definition) is 2. The summed E-state index contributed by atoms with van der Waals surface area (Å²) in [6, 6.07) is 0. The van der Waals surface area contributed by atoms with Crippen LogP contribution in [0.25, 0.3) is 0 Å². The lowest BCUT2D eigenvalue weighted by atomic mass is 9.98. The van der Waals surface area contributed by atoms with E-state index in [1.54, 1.807) is 20.8 Å². The molecule has 5 heteroatoms. The van der Waals surface area contributed by atoms with Crippen molar-refractivity contribution in [3.05, 3.63) is 0 Å². The third-order valence-corrected chi connectivity index (χ3v) is 5.56. The summed E-state index contributed by atoms with van der Waals surface area (Å²) in [5.74, 6) is 0. The molecular formula is C9H20BrNO2S. The minimum Gasteiger partial charge on any atom is -0.214 e. The van der Waals surface area contributed by atoms with E-state index in [0.29, 0.717) is 6.54 Å². The maximum absolute atomic E-state index is 11.7. The standard InChI is InChI=1S/C9H20BrNO2S/c1-8(2,3)14(12,13)11-7-9(4,5)6-10/h11H,6-7H2,1-5H3. The second kappa shape index (κ2) is 4.49. The van der Waals surface area contributed by atoms with Crippen LogP contribution in [-0.4, -0.2) is 25.0 Å². The zero-order valence-corrected chi connectivity index (χ0v) is 11.9. The van der Waals surface area contributed by atoms with Gasteiger partial charge in [-0.15, -0.1) is 0 Å². The number of halogens is 1. The molecule has 86 valence electrons. The molecule has 0 saturated heterocycles. The van der Waals surface area contributed by atoms with Crippen LogP contribution in [0.4, 0.5) is 0 Å². The Hall–Kier alpha value is 0.390. The first-order valence-electron chi connectivity index (χ1n) is 4.57. The van der Waals surface area contributed by atoms with Crippen LogP contribution < -0.4 is 4.72 Å². The van der Waals surface area contributed by atoms with Gasteiger partial charge in [-0.3, -0.25) is 0 Å². The van der Waals surface area contributed by atoms with Gasteiger partial charge in [-0.1, -0.05) is 29.8 Å². The van der Waals surface area contributed by atoms with Gasteiger partial charge in [0.25, 0.3) is 0 Å². The molecule has 0 fully saturated rings. The Bertz CT molecular complexity index is 278. The molecule has 0 saturated carbocycles. The van der Waals surface area contributed by atoms with Crippen molar-refractivity contribution in [2.45, 2.75) is 39.4 Å². The summed E-state index contributed by atoms with van der Waals surface area (Å²) in [6.07, 6.45) is 0. The molecule has 0 aromatic rings. The summed E-state index contributed by atoms with van der Waals surface area (Å²) in [7, 11) is -3.21. The van der Waals surface area contributed by atoms with Crippen molar-refractivity contribution in [2.75, 3.05) is 11.9 Å². The van der Waals surface area contributed by atoms with Gasteiger partial charge in [-0.2, -0.15) is 0 Å². The van der Waals surface area contributed by atoms with Gasteiger partial charge in [0, 0.05) is 11.9 Å². The van der Waals surface area contributed by atoms with Crippen LogP contribution in [0.2, 0.25) is 0 Å². The Morgan fingerprint density at radius 1 is 1.14 bits per heavy atom. The minimum atomic E-state index is -3.21. The zero-order chi connectivity index (χ0) is 11.6. The van der Waals surface area contributed by atoms with Crippen molar-refractivity contribution in [1.29, 1.82) is 0 Å². The van der Waals surface area contributed by atoms with Crippen LogP contribution in [0.5, 0.6) is 0 Å². The summed E-state index contributed by atoms with van der Waals surface area (Å²) in [5, 5.41) is 0.770. The van der Waals surface area contributed by atoms with E-state index in [0.717, 1.165) is 5.33 Å². The predicted molar refractivity (Wildman–Crippen MR) is 64.3 cm³/mol. The van der Waals surface area contributed by atoms with Crippen LogP contribution >= 0.6 is 15.9 Å². The summed E-state index contributed by atoms with van der Waals surface area (Å²) in [6.45, 7) is 9.54. The summed E-state index contributed by atoms with van der Waals surface area (Å²) < 4.78 is 25.3. The molecule has 0 spiro atoms. The van der Waals surface area contributed by atoms with Crippen molar-refractivity contribution >= 4 is 26.0 Å². The van der Waals surface area contributed by atoms with Crippen LogP contribution in [0.3, 0.4) is 0 Å². The summed E-state index contributed by atoms with van der Waals surface area (Å²) >= 11 is 3.35. The van der Waals surface area contributed by atoms with E-state index in [4.69, 9.17) is 0 Å². The van der Waals surface area contributed by atoms with Gasteiger partial charge in [0.05, 0.1) is 4.75 Å². The molecular weight excluding hydrogens is 266 g/mol. The molecule has 0 radical (unpaired) electrons. The topological polar surface area (TPSA) is 46.2 Å². The molecule has 1 N–H and O–H groups in total. The first-order valence-corrected chi connectivity index (χ1v) is 7.17. The second-order valence-corrected chi connectivity index (χ2v) is 8.32. The van der Waals surface area contributed by atoms with Gasteiger partial charge in [0.2, 0.25) is 10.0 Å². The van der Waals surface area contributed by atoms with Gasteiger partial charge in [-0.25, -0.2) is 13.1 Å². The Balaban J connectivity index is 4.43. The molecule has 0 rings (SSSR count). The molecule has 0 heterocycles. The largest absolute Gasteiger partial charge is 0.216 e. The first kappa shape index (κ1) is 14.4. The highest BCUT2D eigenvalue weighted by Gasteiger charge is 2.30. The molecule has 0 aliphatic carbocycles. The van der Waals surface area contributed by atoms with Gasteiger partial charge >= 0.3 is 0 Å². The van der Waals surface area contributed by atoms with E-state index in [-0.39, 0.29) is 5.41 Å². The molecule has 0 aromatic heterocycles. The number of rotatable bonds is 4. The lowest BCUT2D eigenvalue weighted by molar-refractivity contribution is 0.416. The average molecular weight is 286 g/mol. The highest BCUT2D eigenvalue weighted by Crippen LogP contribution is 2.19. The Morgan fingerprint density at radius 3 is 1.86 bits per heavy atom. The molecule has 0 bridgehead atoms. The van der Waals surface area contributed by atoms with E-state index in [1.807, 2.05) is 13.8 Å². The minimum absolute atomic E-state index is 0.0572. The smallest absolute Gasteiger partial charge is 0.214 e. The summed E-state index contributed by atoms with van der Waals surface area (Å²) in [5.41, 5.74) is -0.0572. The normalized spacial score (nSPS) is 14.4. The fourth-order valence-electron chi connectivity index (χ4n) is 0.554. The average Bonchev–Trinajstić information content (AvgIpc) is 1.99. The lowest BCUT2D eigenvalue weighted by Gasteiger charge is -2.26. The third-order valence-electron chi connectivity index (χ3n) is 1.91. The maximum atomic E-state index is 11.7. The molecule has 0 aliphatic heterocycles. The lowest BCUT2D eigenvalue weighted by Crippen LogP contribution is -2.43. The van der Waals surface area contributed by atoms with Crippen LogP contribution in [0, 0.1) is 5.41 Å². The van der Waals surface area contributed by atoms with Crippen LogP contribution in [-0.2, 0) is 10.0 Å². The molecule has 0 atom stereocenters. The van der Waals surface area contributed by atoms with Crippen molar-refractivity contribution in [3.8, 4) is 0 Å². The number of nitrogens with one attached hydrogen (secondary N) is 1. The number of hydrogen-bond donors (Lipinski definition) is 1. The van der Waals surface area contributed by atoms with E-state index in [2.05, 4.69) is 20.7 Å². The predicted octanol–water partition coefficient (Wildman–Crippen LogP) is 2.13. The molecule has 0 aromatic carbocycles. The quantitative estimate of drug-likeness (QED) is 0.805. The van der Waals surface area contributed by atoms with E-state index in [1.165, 1.54) is 0 Å². The SMILES string of the molecule is CC(C)(CBr)CNS(=O)(=O)C(C)(C)C. The Morgan fingerprint density at radius 2 is 1.57 bits per heavy atom. The zero-order valence-electron chi connectivity index (χ0n) is 9.52. The fraction of sp³-hybridized carbons (Fsp3) is 1.00. The van der Waals surface area contributed by atoms with Crippen molar-refractivity contribution in [3.63, 3.8) is 0 Å². The maximum Gasteiger partial charge on any atom is 0.216 e. The van der Waals surface area contributed by atoms with E-state index < -0.39 is 14.8 Å². The van der Waals surface area contributed by atoms with Gasteiger partial charge < -0.3 is 0 Å². The molecule has 14 heavy (non-hydrogen) atoms. The van der Waals surface area contributed by atoms with E-state index in [9.17, 15) is 8.42 Å². The van der Waals surface area contributed by atoms with E-state index >= 15 is 0 Å². The van der Waals surface area contributed by atoms with Crippen molar-refractivity contribution in [1.82, 2.24) is 4.72 Å². The fourth-order valence-corrected chi connectivity index (χ4v) is 1.77. The number of alkyl halides is 1. The van der Waals surface area contributed by atoms with Crippen LogP contribution in [0.15, 0.2) is 0 Å². The second-order valence-electron chi connectivity index (χ2n) is 5.23. The first-order chi connectivity index (χ1) is 6.02. The van der Waals surface area contributed by atoms with Crippen molar-refractivity contribution in [2.24, 2.45) is 5.41 Å². The molecule has 0 amide bonds. The Labute approximate surface area is 95.8 Å². The Kier molecular flexibility index (Phi) is 4.62. The van der Waals surface area contributed by atoms with Gasteiger partial charge in [-0.05, 0) is 26.2 Å².